The summed E-state index contributed by atoms with van der Waals surface area (Å²) in [5.74, 6) is 0. The molecule has 0 aliphatic heterocycles. The molecule has 0 spiro atoms. The van der Waals surface area contributed by atoms with E-state index < -0.39 is 0 Å². The van der Waals surface area contributed by atoms with E-state index in [-0.39, 0.29) is 0 Å². The van der Waals surface area contributed by atoms with Gasteiger partial charge in [0.1, 0.15) is 0 Å². The molecule has 2 aromatic rings. The highest BCUT2D eigenvalue weighted by molar-refractivity contribution is 7.99. The first-order valence-corrected chi connectivity index (χ1v) is 8.48. The lowest BCUT2D eigenvalue weighted by Crippen LogP contribution is -1.85. The number of rotatable bonds is 3. The van der Waals surface area contributed by atoms with Crippen molar-refractivity contribution in [3.8, 4) is 11.1 Å². The highest BCUT2D eigenvalue weighted by Crippen LogP contribution is 2.23. The SMILES string of the molecule is CC.CC.CSNc1cccc(-c2ccc(C)cc2)c1. The fourth-order valence-corrected chi connectivity index (χ4v) is 1.99. The van der Waals surface area contributed by atoms with Crippen molar-refractivity contribution < 1.29 is 0 Å². The molecule has 1 N–H and O–H groups in total. The van der Waals surface area contributed by atoms with E-state index in [0.29, 0.717) is 0 Å². The average Bonchev–Trinajstić information content (AvgIpc) is 2.53. The third-order valence-corrected chi connectivity index (χ3v) is 2.91. The Morgan fingerprint density at radius 2 is 1.40 bits per heavy atom. The quantitative estimate of drug-likeness (QED) is 0.656. The molecule has 2 heteroatoms. The van der Waals surface area contributed by atoms with Crippen LogP contribution in [0, 0.1) is 6.92 Å². The van der Waals surface area contributed by atoms with Crippen LogP contribution in [0.3, 0.4) is 0 Å². The van der Waals surface area contributed by atoms with Crippen LogP contribution >= 0.6 is 11.9 Å². The summed E-state index contributed by atoms with van der Waals surface area (Å²) in [4.78, 5) is 0. The third-order valence-electron chi connectivity index (χ3n) is 2.47. The Kier molecular flexibility index (Phi) is 10.6. The van der Waals surface area contributed by atoms with E-state index in [1.165, 1.54) is 16.7 Å². The monoisotopic (exact) mass is 289 g/mol. The zero-order valence-corrected chi connectivity index (χ0v) is 14.3. The summed E-state index contributed by atoms with van der Waals surface area (Å²) in [5.41, 5.74) is 4.95. The number of benzene rings is 2. The molecule has 2 rings (SSSR count). The van der Waals surface area contributed by atoms with Crippen molar-refractivity contribution in [2.45, 2.75) is 34.6 Å². The maximum absolute atomic E-state index is 3.25. The first-order valence-electron chi connectivity index (χ1n) is 7.26. The van der Waals surface area contributed by atoms with E-state index >= 15 is 0 Å². The molecule has 0 aliphatic carbocycles. The molecule has 0 unspecified atom stereocenters. The minimum absolute atomic E-state index is 1.14. The topological polar surface area (TPSA) is 12.0 Å². The number of aryl methyl sites for hydroxylation is 1. The second kappa shape index (κ2) is 11.4. The van der Waals surface area contributed by atoms with E-state index in [0.717, 1.165) is 5.69 Å². The van der Waals surface area contributed by atoms with Crippen LogP contribution in [0.25, 0.3) is 11.1 Å². The molecule has 0 fully saturated rings. The normalized spacial score (nSPS) is 8.70. The Morgan fingerprint density at radius 3 is 1.95 bits per heavy atom. The Morgan fingerprint density at radius 1 is 0.800 bits per heavy atom. The molecule has 0 saturated carbocycles. The number of hydrogen-bond acceptors (Lipinski definition) is 2. The first kappa shape index (κ1) is 18.6. The van der Waals surface area contributed by atoms with Crippen molar-refractivity contribution >= 4 is 17.6 Å². The molecule has 110 valence electrons. The standard InChI is InChI=1S/C14H15NS.2C2H6/c1-11-6-8-12(9-7-11)13-4-3-5-14(10-13)15-16-2;2*1-2/h3-10,15H,1-2H3;2*1-2H3. The molecule has 0 bridgehead atoms. The minimum atomic E-state index is 1.14. The Bertz CT molecular complexity index is 463. The van der Waals surface area contributed by atoms with Gasteiger partial charge in [0.05, 0.1) is 0 Å². The molecule has 0 aromatic heterocycles. The molecule has 0 amide bonds. The third kappa shape index (κ3) is 6.16. The van der Waals surface area contributed by atoms with Gasteiger partial charge in [0.15, 0.2) is 0 Å². The summed E-state index contributed by atoms with van der Waals surface area (Å²) in [5, 5.41) is 0. The number of anilines is 1. The zero-order valence-electron chi connectivity index (χ0n) is 13.5. The Balaban J connectivity index is 0.000000829. The molecular formula is C18H27NS. The van der Waals surface area contributed by atoms with Crippen LogP contribution in [0.4, 0.5) is 5.69 Å². The summed E-state index contributed by atoms with van der Waals surface area (Å²) in [7, 11) is 0. The van der Waals surface area contributed by atoms with Gasteiger partial charge in [-0.15, -0.1) is 0 Å². The van der Waals surface area contributed by atoms with Crippen LogP contribution in [-0.2, 0) is 0 Å². The van der Waals surface area contributed by atoms with E-state index in [2.05, 4.69) is 60.2 Å². The van der Waals surface area contributed by atoms with Crippen LogP contribution in [0.1, 0.15) is 33.3 Å². The van der Waals surface area contributed by atoms with Gasteiger partial charge in [-0.3, -0.25) is 0 Å². The van der Waals surface area contributed by atoms with Gasteiger partial charge >= 0.3 is 0 Å². The van der Waals surface area contributed by atoms with Crippen LogP contribution in [0.2, 0.25) is 0 Å². The lowest BCUT2D eigenvalue weighted by Gasteiger charge is -2.06. The molecule has 0 aliphatic rings. The predicted octanol–water partition coefficient (Wildman–Crippen LogP) is 6.40. The van der Waals surface area contributed by atoms with Crippen LogP contribution in [0.15, 0.2) is 48.5 Å². The highest BCUT2D eigenvalue weighted by atomic mass is 32.2. The van der Waals surface area contributed by atoms with Gasteiger partial charge in [-0.05, 0) is 30.2 Å². The van der Waals surface area contributed by atoms with E-state index in [1.807, 2.05) is 34.0 Å². The maximum Gasteiger partial charge on any atom is 0.0446 e. The van der Waals surface area contributed by atoms with Crippen LogP contribution in [-0.4, -0.2) is 6.26 Å². The molecule has 0 saturated heterocycles. The lowest BCUT2D eigenvalue weighted by atomic mass is 10.0. The lowest BCUT2D eigenvalue weighted by molar-refractivity contribution is 1.47. The second-order valence-corrected chi connectivity index (χ2v) is 4.37. The van der Waals surface area contributed by atoms with Crippen LogP contribution < -0.4 is 4.72 Å². The fraction of sp³-hybridized carbons (Fsp3) is 0.333. The Hall–Kier alpha value is -1.41. The largest absolute Gasteiger partial charge is 0.330 e. The van der Waals surface area contributed by atoms with Crippen molar-refractivity contribution in [3.05, 3.63) is 54.1 Å². The zero-order chi connectivity index (χ0) is 15.4. The van der Waals surface area contributed by atoms with Crippen molar-refractivity contribution in [2.75, 3.05) is 11.0 Å². The Labute approximate surface area is 128 Å². The van der Waals surface area contributed by atoms with Gasteiger partial charge in [-0.25, -0.2) is 0 Å². The molecule has 0 atom stereocenters. The number of nitrogens with one attached hydrogen (secondary N) is 1. The molecule has 0 heterocycles. The first-order chi connectivity index (χ1) is 9.79. The van der Waals surface area contributed by atoms with Crippen molar-refractivity contribution in [2.24, 2.45) is 0 Å². The fourth-order valence-electron chi connectivity index (χ4n) is 1.63. The van der Waals surface area contributed by atoms with Crippen molar-refractivity contribution in [3.63, 3.8) is 0 Å². The van der Waals surface area contributed by atoms with E-state index in [4.69, 9.17) is 0 Å². The molecular weight excluding hydrogens is 262 g/mol. The smallest absolute Gasteiger partial charge is 0.0446 e. The summed E-state index contributed by atoms with van der Waals surface area (Å²) < 4.78 is 3.25. The molecule has 0 radical (unpaired) electrons. The van der Waals surface area contributed by atoms with Crippen molar-refractivity contribution in [1.29, 1.82) is 0 Å². The average molecular weight is 289 g/mol. The van der Waals surface area contributed by atoms with Gasteiger partial charge in [-0.1, -0.05) is 81.6 Å². The van der Waals surface area contributed by atoms with E-state index in [1.54, 1.807) is 11.9 Å². The summed E-state index contributed by atoms with van der Waals surface area (Å²) >= 11 is 1.61. The summed E-state index contributed by atoms with van der Waals surface area (Å²) in [6.45, 7) is 10.1. The minimum Gasteiger partial charge on any atom is -0.330 e. The van der Waals surface area contributed by atoms with Gasteiger partial charge in [-0.2, -0.15) is 0 Å². The maximum atomic E-state index is 3.25. The molecule has 20 heavy (non-hydrogen) atoms. The summed E-state index contributed by atoms with van der Waals surface area (Å²) in [6.07, 6.45) is 2.03. The van der Waals surface area contributed by atoms with Crippen molar-refractivity contribution in [1.82, 2.24) is 0 Å². The van der Waals surface area contributed by atoms with Crippen LogP contribution in [0.5, 0.6) is 0 Å². The summed E-state index contributed by atoms with van der Waals surface area (Å²) in [6, 6.07) is 17.1. The van der Waals surface area contributed by atoms with E-state index in [9.17, 15) is 0 Å². The second-order valence-electron chi connectivity index (χ2n) is 3.75. The van der Waals surface area contributed by atoms with Gasteiger partial charge < -0.3 is 4.72 Å². The van der Waals surface area contributed by atoms with Gasteiger partial charge in [0, 0.05) is 11.9 Å². The molecule has 1 nitrogen and oxygen atoms in total. The van der Waals surface area contributed by atoms with Gasteiger partial charge in [0.25, 0.3) is 0 Å². The number of hydrogen-bond donors (Lipinski definition) is 1. The molecule has 2 aromatic carbocycles. The predicted molar refractivity (Wildman–Crippen MR) is 96.4 cm³/mol. The van der Waals surface area contributed by atoms with Gasteiger partial charge in [0.2, 0.25) is 0 Å². The highest BCUT2D eigenvalue weighted by Gasteiger charge is 1.98.